The third-order valence-corrected chi connectivity index (χ3v) is 3.63. The van der Waals surface area contributed by atoms with E-state index in [1.807, 2.05) is 31.2 Å². The molecule has 0 bridgehead atoms. The van der Waals surface area contributed by atoms with Gasteiger partial charge in [-0.25, -0.2) is 0 Å². The molecule has 0 amide bonds. The van der Waals surface area contributed by atoms with Gasteiger partial charge in [-0.05, 0) is 42.8 Å². The second-order valence-electron chi connectivity index (χ2n) is 3.93. The van der Waals surface area contributed by atoms with Gasteiger partial charge in [-0.15, -0.1) is 11.3 Å². The van der Waals surface area contributed by atoms with Gasteiger partial charge in [0.1, 0.15) is 0 Å². The molecule has 88 valence electrons. The smallest absolute Gasteiger partial charge is 0.0412 e. The first kappa shape index (κ1) is 12.4. The standard InChI is InChI=1S/C14H14ClNS/c1-10(16)5-6-13-7-8-14(17-13)11-3-2-4-12(15)9-11/h2-10H,16H2,1H3/b6-5+. The monoisotopic (exact) mass is 263 g/mol. The highest BCUT2D eigenvalue weighted by molar-refractivity contribution is 7.16. The van der Waals surface area contributed by atoms with Crippen LogP contribution in [0.5, 0.6) is 0 Å². The molecule has 0 saturated carbocycles. The zero-order chi connectivity index (χ0) is 12.3. The topological polar surface area (TPSA) is 26.0 Å². The van der Waals surface area contributed by atoms with Gasteiger partial charge in [-0.2, -0.15) is 0 Å². The number of rotatable bonds is 3. The second kappa shape index (κ2) is 5.50. The molecular formula is C14H14ClNS. The van der Waals surface area contributed by atoms with Gasteiger partial charge in [-0.1, -0.05) is 29.8 Å². The minimum Gasteiger partial charge on any atom is -0.325 e. The van der Waals surface area contributed by atoms with Crippen LogP contribution in [0, 0.1) is 0 Å². The number of thiophene rings is 1. The van der Waals surface area contributed by atoms with Gasteiger partial charge in [0.05, 0.1) is 0 Å². The van der Waals surface area contributed by atoms with Crippen molar-refractivity contribution < 1.29 is 0 Å². The van der Waals surface area contributed by atoms with Crippen molar-refractivity contribution in [2.75, 3.05) is 0 Å². The Bertz CT molecular complexity index is 529. The van der Waals surface area contributed by atoms with Crippen molar-refractivity contribution >= 4 is 29.0 Å². The molecule has 1 heterocycles. The summed E-state index contributed by atoms with van der Waals surface area (Å²) >= 11 is 7.71. The number of nitrogens with two attached hydrogens (primary N) is 1. The highest BCUT2D eigenvalue weighted by Gasteiger charge is 2.01. The molecule has 3 heteroatoms. The minimum atomic E-state index is 0.0896. The molecule has 1 nitrogen and oxygen atoms in total. The van der Waals surface area contributed by atoms with Crippen molar-refractivity contribution in [3.05, 3.63) is 52.4 Å². The predicted octanol–water partition coefficient (Wildman–Crippen LogP) is 4.43. The van der Waals surface area contributed by atoms with E-state index in [1.165, 1.54) is 9.75 Å². The fourth-order valence-corrected chi connectivity index (χ4v) is 2.59. The quantitative estimate of drug-likeness (QED) is 0.871. The van der Waals surface area contributed by atoms with E-state index in [4.69, 9.17) is 17.3 Å². The summed E-state index contributed by atoms with van der Waals surface area (Å²) in [7, 11) is 0. The summed E-state index contributed by atoms with van der Waals surface area (Å²) in [4.78, 5) is 2.43. The van der Waals surface area contributed by atoms with Crippen molar-refractivity contribution in [1.82, 2.24) is 0 Å². The molecule has 0 spiro atoms. The van der Waals surface area contributed by atoms with E-state index in [0.29, 0.717) is 0 Å². The Labute approximate surface area is 111 Å². The van der Waals surface area contributed by atoms with Gasteiger partial charge in [0, 0.05) is 20.8 Å². The fraction of sp³-hybridized carbons (Fsp3) is 0.143. The maximum Gasteiger partial charge on any atom is 0.0412 e. The Morgan fingerprint density at radius 3 is 2.82 bits per heavy atom. The summed E-state index contributed by atoms with van der Waals surface area (Å²) in [6.07, 6.45) is 4.05. The summed E-state index contributed by atoms with van der Waals surface area (Å²) in [5.41, 5.74) is 6.83. The van der Waals surface area contributed by atoms with E-state index < -0.39 is 0 Å². The van der Waals surface area contributed by atoms with Crippen LogP contribution in [0.1, 0.15) is 11.8 Å². The summed E-state index contributed by atoms with van der Waals surface area (Å²) in [6, 6.07) is 12.2. The maximum absolute atomic E-state index is 5.98. The molecule has 1 unspecified atom stereocenters. The highest BCUT2D eigenvalue weighted by Crippen LogP contribution is 2.30. The molecule has 1 aromatic heterocycles. The van der Waals surface area contributed by atoms with Crippen LogP contribution in [0.15, 0.2) is 42.5 Å². The maximum atomic E-state index is 5.98. The predicted molar refractivity (Wildman–Crippen MR) is 77.4 cm³/mol. The van der Waals surface area contributed by atoms with Gasteiger partial charge < -0.3 is 5.73 Å². The lowest BCUT2D eigenvalue weighted by Crippen LogP contribution is -2.09. The number of benzene rings is 1. The molecule has 0 saturated heterocycles. The van der Waals surface area contributed by atoms with E-state index in [-0.39, 0.29) is 6.04 Å². The summed E-state index contributed by atoms with van der Waals surface area (Å²) in [6.45, 7) is 1.96. The van der Waals surface area contributed by atoms with Crippen LogP contribution in [0.3, 0.4) is 0 Å². The van der Waals surface area contributed by atoms with Crippen molar-refractivity contribution in [3.8, 4) is 10.4 Å². The van der Waals surface area contributed by atoms with Gasteiger partial charge in [0.25, 0.3) is 0 Å². The van der Waals surface area contributed by atoms with Crippen molar-refractivity contribution in [3.63, 3.8) is 0 Å². The normalized spacial score (nSPS) is 13.1. The van der Waals surface area contributed by atoms with E-state index in [1.54, 1.807) is 11.3 Å². The average Bonchev–Trinajstić information content (AvgIpc) is 2.75. The lowest BCUT2D eigenvalue weighted by atomic mass is 10.2. The van der Waals surface area contributed by atoms with Crippen molar-refractivity contribution in [2.45, 2.75) is 13.0 Å². The molecule has 0 fully saturated rings. The van der Waals surface area contributed by atoms with Crippen LogP contribution >= 0.6 is 22.9 Å². The lowest BCUT2D eigenvalue weighted by molar-refractivity contribution is 0.931. The lowest BCUT2D eigenvalue weighted by Gasteiger charge is -1.97. The molecule has 2 aromatic rings. The number of halogens is 1. The van der Waals surface area contributed by atoms with Crippen LogP contribution in [0.25, 0.3) is 16.5 Å². The zero-order valence-corrected chi connectivity index (χ0v) is 11.1. The molecular weight excluding hydrogens is 250 g/mol. The van der Waals surface area contributed by atoms with Crippen molar-refractivity contribution in [1.29, 1.82) is 0 Å². The Hall–Kier alpha value is -1.09. The third kappa shape index (κ3) is 3.43. The minimum absolute atomic E-state index is 0.0896. The average molecular weight is 264 g/mol. The first-order valence-corrected chi connectivity index (χ1v) is 6.64. The second-order valence-corrected chi connectivity index (χ2v) is 5.48. The Morgan fingerprint density at radius 2 is 2.12 bits per heavy atom. The Morgan fingerprint density at radius 1 is 1.29 bits per heavy atom. The van der Waals surface area contributed by atoms with Crippen LogP contribution in [-0.4, -0.2) is 6.04 Å². The van der Waals surface area contributed by atoms with Gasteiger partial charge >= 0.3 is 0 Å². The molecule has 2 rings (SSSR count). The van der Waals surface area contributed by atoms with E-state index in [2.05, 4.69) is 24.3 Å². The van der Waals surface area contributed by atoms with E-state index in [0.717, 1.165) is 10.6 Å². The van der Waals surface area contributed by atoms with Gasteiger partial charge in [0.2, 0.25) is 0 Å². The molecule has 0 aliphatic rings. The van der Waals surface area contributed by atoms with Crippen LogP contribution < -0.4 is 5.73 Å². The highest BCUT2D eigenvalue weighted by atomic mass is 35.5. The van der Waals surface area contributed by atoms with E-state index in [9.17, 15) is 0 Å². The molecule has 0 aliphatic carbocycles. The first-order chi connectivity index (χ1) is 8.15. The van der Waals surface area contributed by atoms with Crippen LogP contribution in [0.2, 0.25) is 5.02 Å². The molecule has 1 aromatic carbocycles. The molecule has 1 atom stereocenters. The van der Waals surface area contributed by atoms with Crippen LogP contribution in [0.4, 0.5) is 0 Å². The van der Waals surface area contributed by atoms with Crippen LogP contribution in [-0.2, 0) is 0 Å². The van der Waals surface area contributed by atoms with Gasteiger partial charge in [0.15, 0.2) is 0 Å². The Kier molecular flexibility index (Phi) is 4.00. The largest absolute Gasteiger partial charge is 0.325 e. The number of hydrogen-bond acceptors (Lipinski definition) is 2. The zero-order valence-electron chi connectivity index (χ0n) is 9.56. The molecule has 0 radical (unpaired) electrons. The Balaban J connectivity index is 2.24. The fourth-order valence-electron chi connectivity index (χ4n) is 1.49. The van der Waals surface area contributed by atoms with Crippen molar-refractivity contribution in [2.24, 2.45) is 5.73 Å². The van der Waals surface area contributed by atoms with E-state index >= 15 is 0 Å². The molecule has 0 aliphatic heterocycles. The van der Waals surface area contributed by atoms with Gasteiger partial charge in [-0.3, -0.25) is 0 Å². The summed E-state index contributed by atoms with van der Waals surface area (Å²) in [5, 5.41) is 0.767. The summed E-state index contributed by atoms with van der Waals surface area (Å²) < 4.78 is 0. The molecule has 2 N–H and O–H groups in total. The summed E-state index contributed by atoms with van der Waals surface area (Å²) in [5.74, 6) is 0. The third-order valence-electron chi connectivity index (χ3n) is 2.30. The molecule has 17 heavy (non-hydrogen) atoms. The number of hydrogen-bond donors (Lipinski definition) is 1. The first-order valence-electron chi connectivity index (χ1n) is 5.45. The SMILES string of the molecule is CC(N)/C=C/c1ccc(-c2cccc(Cl)c2)s1.